The predicted octanol–water partition coefficient (Wildman–Crippen LogP) is 2.06. The summed E-state index contributed by atoms with van der Waals surface area (Å²) in [7, 11) is 3.27. The summed E-state index contributed by atoms with van der Waals surface area (Å²) in [5, 5.41) is 8.31. The van der Waals surface area contributed by atoms with E-state index in [-0.39, 0.29) is 11.8 Å². The van der Waals surface area contributed by atoms with Crippen LogP contribution in [0.3, 0.4) is 0 Å². The zero-order chi connectivity index (χ0) is 20.9. The molecule has 2 aromatic rings. The lowest BCUT2D eigenvalue weighted by Crippen LogP contribution is -2.52. The first-order valence-corrected chi connectivity index (χ1v) is 10.5. The van der Waals surface area contributed by atoms with Gasteiger partial charge in [-0.3, -0.25) is 4.79 Å². The minimum absolute atomic E-state index is 0.000429. The van der Waals surface area contributed by atoms with Crippen molar-refractivity contribution in [1.29, 1.82) is 0 Å². The van der Waals surface area contributed by atoms with Gasteiger partial charge in [0.15, 0.2) is 5.82 Å². The van der Waals surface area contributed by atoms with Crippen LogP contribution in [0, 0.1) is 5.92 Å². The Morgan fingerprint density at radius 2 is 1.73 bits per heavy atom. The van der Waals surface area contributed by atoms with E-state index >= 15 is 0 Å². The number of hydrogen-bond donors (Lipinski definition) is 0. The van der Waals surface area contributed by atoms with Crippen molar-refractivity contribution in [2.75, 3.05) is 63.3 Å². The number of piperidine rings is 1. The minimum Gasteiger partial charge on any atom is -0.495 e. The molecule has 4 rings (SSSR count). The van der Waals surface area contributed by atoms with Crippen LogP contribution in [0.2, 0.25) is 0 Å². The van der Waals surface area contributed by atoms with Crippen molar-refractivity contribution in [3.8, 4) is 11.6 Å². The number of carbonyl (C=O) groups excluding carboxylic acids is 1. The van der Waals surface area contributed by atoms with Crippen molar-refractivity contribution >= 4 is 17.4 Å². The van der Waals surface area contributed by atoms with Gasteiger partial charge in [-0.25, -0.2) is 0 Å². The number of piperazine rings is 1. The molecule has 2 fully saturated rings. The molecule has 2 saturated heterocycles. The van der Waals surface area contributed by atoms with Crippen molar-refractivity contribution in [1.82, 2.24) is 15.1 Å². The Balaban J connectivity index is 1.35. The number of nitrogens with zero attached hydrogens (tertiary/aromatic N) is 5. The molecule has 1 amide bonds. The van der Waals surface area contributed by atoms with E-state index in [0.29, 0.717) is 12.4 Å². The number of anilines is 2. The highest BCUT2D eigenvalue weighted by atomic mass is 16.5. The van der Waals surface area contributed by atoms with E-state index in [2.05, 4.69) is 26.1 Å². The SMILES string of the molecule is COc1ccc(N2CCCC(C(=O)N3CCN(c4ccccc4OC)CC3)C2)nn1. The number of hydrogen-bond acceptors (Lipinski definition) is 7. The van der Waals surface area contributed by atoms with Crippen LogP contribution in [0.1, 0.15) is 12.8 Å². The van der Waals surface area contributed by atoms with Crippen molar-refractivity contribution in [3.63, 3.8) is 0 Å². The van der Waals surface area contributed by atoms with Gasteiger partial charge >= 0.3 is 0 Å². The molecule has 2 aliphatic heterocycles. The van der Waals surface area contributed by atoms with Gasteiger partial charge in [-0.2, -0.15) is 0 Å². The van der Waals surface area contributed by atoms with Crippen LogP contribution in [0.15, 0.2) is 36.4 Å². The number of ether oxygens (including phenoxy) is 2. The van der Waals surface area contributed by atoms with Crippen LogP contribution in [0.4, 0.5) is 11.5 Å². The summed E-state index contributed by atoms with van der Waals surface area (Å²) in [6, 6.07) is 11.8. The second kappa shape index (κ2) is 9.19. The van der Waals surface area contributed by atoms with Gasteiger partial charge in [0.25, 0.3) is 0 Å². The number of methoxy groups -OCH3 is 2. The Kier molecular flexibility index (Phi) is 6.21. The first-order valence-electron chi connectivity index (χ1n) is 10.5. The van der Waals surface area contributed by atoms with Crippen LogP contribution in [-0.4, -0.2) is 74.5 Å². The highest BCUT2D eigenvalue weighted by Crippen LogP contribution is 2.29. The molecule has 8 heteroatoms. The number of rotatable bonds is 5. The standard InChI is InChI=1S/C22H29N5O3/c1-29-19-8-4-3-7-18(19)25-12-14-26(15-13-25)22(28)17-6-5-11-27(16-17)20-9-10-21(30-2)24-23-20/h3-4,7-10,17H,5-6,11-16H2,1-2H3. The molecule has 2 aliphatic rings. The molecule has 30 heavy (non-hydrogen) atoms. The molecule has 0 N–H and O–H groups in total. The number of amides is 1. The molecule has 8 nitrogen and oxygen atoms in total. The molecule has 1 atom stereocenters. The summed E-state index contributed by atoms with van der Waals surface area (Å²) in [6.45, 7) is 4.67. The molecule has 1 aromatic carbocycles. The van der Waals surface area contributed by atoms with Crippen molar-refractivity contribution in [2.24, 2.45) is 5.92 Å². The second-order valence-corrected chi connectivity index (χ2v) is 7.70. The summed E-state index contributed by atoms with van der Waals surface area (Å²) >= 11 is 0. The molecule has 0 bridgehead atoms. The van der Waals surface area contributed by atoms with Gasteiger partial charge in [-0.1, -0.05) is 12.1 Å². The number of aromatic nitrogens is 2. The maximum Gasteiger partial charge on any atom is 0.233 e. The maximum absolute atomic E-state index is 13.2. The van der Waals surface area contributed by atoms with Gasteiger partial charge in [0, 0.05) is 45.3 Å². The lowest BCUT2D eigenvalue weighted by molar-refractivity contribution is -0.136. The van der Waals surface area contributed by atoms with Crippen LogP contribution in [0.25, 0.3) is 0 Å². The normalized spacial score (nSPS) is 19.5. The summed E-state index contributed by atoms with van der Waals surface area (Å²) in [4.78, 5) is 19.7. The molecule has 1 unspecified atom stereocenters. The average Bonchev–Trinajstić information content (AvgIpc) is 2.84. The summed E-state index contributed by atoms with van der Waals surface area (Å²) < 4.78 is 10.6. The maximum atomic E-state index is 13.2. The molecule has 0 saturated carbocycles. The second-order valence-electron chi connectivity index (χ2n) is 7.70. The first kappa shape index (κ1) is 20.3. The first-order chi connectivity index (χ1) is 14.7. The minimum atomic E-state index is 0.000429. The monoisotopic (exact) mass is 411 g/mol. The van der Waals surface area contributed by atoms with Gasteiger partial charge in [0.05, 0.1) is 25.8 Å². The van der Waals surface area contributed by atoms with E-state index < -0.39 is 0 Å². The lowest BCUT2D eigenvalue weighted by atomic mass is 9.96. The summed E-state index contributed by atoms with van der Waals surface area (Å²) in [6.07, 6.45) is 1.90. The van der Waals surface area contributed by atoms with E-state index in [1.807, 2.05) is 35.2 Å². The smallest absolute Gasteiger partial charge is 0.233 e. The Labute approximate surface area is 177 Å². The zero-order valence-corrected chi connectivity index (χ0v) is 17.7. The molecule has 0 radical (unpaired) electrons. The number of carbonyl (C=O) groups is 1. The van der Waals surface area contributed by atoms with Crippen LogP contribution >= 0.6 is 0 Å². The van der Waals surface area contributed by atoms with Crippen LogP contribution in [-0.2, 0) is 4.79 Å². The number of para-hydroxylation sites is 2. The molecular formula is C22H29N5O3. The Morgan fingerprint density at radius 3 is 2.43 bits per heavy atom. The van der Waals surface area contributed by atoms with Gasteiger partial charge in [-0.05, 0) is 31.0 Å². The van der Waals surface area contributed by atoms with Gasteiger partial charge in [0.1, 0.15) is 5.75 Å². The molecule has 0 spiro atoms. The Bertz CT molecular complexity index is 852. The third-order valence-corrected chi connectivity index (χ3v) is 5.95. The summed E-state index contributed by atoms with van der Waals surface area (Å²) in [5.74, 6) is 2.42. The number of benzene rings is 1. The fraction of sp³-hybridized carbons (Fsp3) is 0.500. The van der Waals surface area contributed by atoms with E-state index in [4.69, 9.17) is 9.47 Å². The summed E-state index contributed by atoms with van der Waals surface area (Å²) in [5.41, 5.74) is 1.09. The average molecular weight is 412 g/mol. The molecule has 1 aromatic heterocycles. The van der Waals surface area contributed by atoms with Crippen molar-refractivity contribution in [3.05, 3.63) is 36.4 Å². The molecule has 3 heterocycles. The van der Waals surface area contributed by atoms with E-state index in [9.17, 15) is 4.79 Å². The molecule has 0 aliphatic carbocycles. The van der Waals surface area contributed by atoms with Crippen molar-refractivity contribution < 1.29 is 14.3 Å². The van der Waals surface area contributed by atoms with Crippen LogP contribution < -0.4 is 19.3 Å². The van der Waals surface area contributed by atoms with Gasteiger partial charge < -0.3 is 24.2 Å². The highest BCUT2D eigenvalue weighted by Gasteiger charge is 2.32. The zero-order valence-electron chi connectivity index (χ0n) is 17.7. The van der Waals surface area contributed by atoms with Crippen LogP contribution in [0.5, 0.6) is 11.6 Å². The Hall–Kier alpha value is -3.03. The third kappa shape index (κ3) is 4.27. The van der Waals surface area contributed by atoms with E-state index in [1.54, 1.807) is 14.2 Å². The largest absolute Gasteiger partial charge is 0.495 e. The molecule has 160 valence electrons. The Morgan fingerprint density at radius 1 is 0.933 bits per heavy atom. The van der Waals surface area contributed by atoms with Crippen molar-refractivity contribution in [2.45, 2.75) is 12.8 Å². The predicted molar refractivity (Wildman–Crippen MR) is 115 cm³/mol. The van der Waals surface area contributed by atoms with E-state index in [1.165, 1.54) is 0 Å². The van der Waals surface area contributed by atoms with E-state index in [0.717, 1.165) is 62.8 Å². The molecular weight excluding hydrogens is 382 g/mol. The topological polar surface area (TPSA) is 71.0 Å². The lowest BCUT2D eigenvalue weighted by Gasteiger charge is -2.40. The third-order valence-electron chi connectivity index (χ3n) is 5.95. The highest BCUT2D eigenvalue weighted by molar-refractivity contribution is 5.80. The van der Waals surface area contributed by atoms with Gasteiger partial charge in [-0.15, -0.1) is 10.2 Å². The fourth-order valence-electron chi connectivity index (χ4n) is 4.29. The fourth-order valence-corrected chi connectivity index (χ4v) is 4.29. The van der Waals surface area contributed by atoms with Gasteiger partial charge in [0.2, 0.25) is 11.8 Å². The quantitative estimate of drug-likeness (QED) is 0.746.